The standard InChI is InChI=1S/C13H19NO3/c1-9-10(2)12(16-3)6-5-11(9)7-14-8-13(15)17-4/h5-6,14H,7-8H2,1-4H3. The lowest BCUT2D eigenvalue weighted by Crippen LogP contribution is -2.23. The summed E-state index contributed by atoms with van der Waals surface area (Å²) in [4.78, 5) is 10.9. The van der Waals surface area contributed by atoms with Crippen LogP contribution >= 0.6 is 0 Å². The lowest BCUT2D eigenvalue weighted by Gasteiger charge is -2.12. The van der Waals surface area contributed by atoms with E-state index in [0.29, 0.717) is 6.54 Å². The van der Waals surface area contributed by atoms with Crippen LogP contribution in [0.3, 0.4) is 0 Å². The minimum absolute atomic E-state index is 0.223. The molecule has 0 bridgehead atoms. The summed E-state index contributed by atoms with van der Waals surface area (Å²) in [7, 11) is 3.05. The van der Waals surface area contributed by atoms with E-state index in [-0.39, 0.29) is 12.5 Å². The maximum absolute atomic E-state index is 10.9. The topological polar surface area (TPSA) is 47.6 Å². The van der Waals surface area contributed by atoms with Gasteiger partial charge >= 0.3 is 5.97 Å². The summed E-state index contributed by atoms with van der Waals surface area (Å²) in [5.74, 6) is 0.632. The molecule has 4 nitrogen and oxygen atoms in total. The van der Waals surface area contributed by atoms with Gasteiger partial charge < -0.3 is 14.8 Å². The van der Waals surface area contributed by atoms with E-state index < -0.39 is 0 Å². The molecule has 4 heteroatoms. The maximum atomic E-state index is 10.9. The number of esters is 1. The molecule has 0 radical (unpaired) electrons. The van der Waals surface area contributed by atoms with Gasteiger partial charge in [0.15, 0.2) is 0 Å². The van der Waals surface area contributed by atoms with Gasteiger partial charge in [0.05, 0.1) is 20.8 Å². The molecule has 94 valence electrons. The van der Waals surface area contributed by atoms with Crippen molar-refractivity contribution in [3.63, 3.8) is 0 Å². The Hall–Kier alpha value is -1.55. The smallest absolute Gasteiger partial charge is 0.319 e. The predicted molar refractivity (Wildman–Crippen MR) is 66.2 cm³/mol. The Morgan fingerprint density at radius 1 is 1.24 bits per heavy atom. The van der Waals surface area contributed by atoms with Crippen molar-refractivity contribution in [1.29, 1.82) is 0 Å². The first-order chi connectivity index (χ1) is 8.10. The summed E-state index contributed by atoms with van der Waals surface area (Å²) in [5.41, 5.74) is 3.47. The van der Waals surface area contributed by atoms with Gasteiger partial charge in [-0.05, 0) is 36.6 Å². The Labute approximate surface area is 102 Å². The molecular formula is C13H19NO3. The summed E-state index contributed by atoms with van der Waals surface area (Å²) >= 11 is 0. The Balaban J connectivity index is 2.66. The summed E-state index contributed by atoms with van der Waals surface area (Å²) in [5, 5.41) is 3.04. The Morgan fingerprint density at radius 3 is 2.53 bits per heavy atom. The van der Waals surface area contributed by atoms with Gasteiger partial charge in [-0.15, -0.1) is 0 Å². The van der Waals surface area contributed by atoms with E-state index in [0.717, 1.165) is 16.9 Å². The van der Waals surface area contributed by atoms with Crippen LogP contribution in [0.4, 0.5) is 0 Å². The monoisotopic (exact) mass is 237 g/mol. The number of ether oxygens (including phenoxy) is 2. The van der Waals surface area contributed by atoms with E-state index in [1.807, 2.05) is 26.0 Å². The van der Waals surface area contributed by atoms with Crippen molar-refractivity contribution in [2.45, 2.75) is 20.4 Å². The minimum Gasteiger partial charge on any atom is -0.496 e. The number of hydrogen-bond acceptors (Lipinski definition) is 4. The number of carbonyl (C=O) groups is 1. The van der Waals surface area contributed by atoms with Crippen molar-refractivity contribution in [2.75, 3.05) is 20.8 Å². The van der Waals surface area contributed by atoms with Crippen LogP contribution in [0.5, 0.6) is 5.75 Å². The van der Waals surface area contributed by atoms with Crippen LogP contribution in [0.2, 0.25) is 0 Å². The second kappa shape index (κ2) is 6.25. The molecule has 0 amide bonds. The van der Waals surface area contributed by atoms with Gasteiger partial charge in [-0.25, -0.2) is 0 Å². The van der Waals surface area contributed by atoms with Crippen LogP contribution in [-0.2, 0) is 16.1 Å². The molecule has 1 aromatic carbocycles. The summed E-state index contributed by atoms with van der Waals surface area (Å²) in [6.07, 6.45) is 0. The quantitative estimate of drug-likeness (QED) is 0.790. The van der Waals surface area contributed by atoms with Gasteiger partial charge in [-0.2, -0.15) is 0 Å². The van der Waals surface area contributed by atoms with Crippen molar-refractivity contribution in [1.82, 2.24) is 5.32 Å². The molecule has 0 saturated heterocycles. The number of methoxy groups -OCH3 is 2. The van der Waals surface area contributed by atoms with Gasteiger partial charge in [0, 0.05) is 6.54 Å². The lowest BCUT2D eigenvalue weighted by molar-refractivity contribution is -0.139. The Kier molecular flexibility index (Phi) is 4.97. The highest BCUT2D eigenvalue weighted by atomic mass is 16.5. The van der Waals surface area contributed by atoms with Gasteiger partial charge in [0.25, 0.3) is 0 Å². The van der Waals surface area contributed by atoms with Crippen LogP contribution in [-0.4, -0.2) is 26.7 Å². The molecule has 1 rings (SSSR count). The van der Waals surface area contributed by atoms with E-state index in [1.54, 1.807) is 7.11 Å². The molecule has 0 spiro atoms. The maximum Gasteiger partial charge on any atom is 0.319 e. The molecule has 0 aliphatic heterocycles. The Morgan fingerprint density at radius 2 is 1.94 bits per heavy atom. The van der Waals surface area contributed by atoms with Crippen molar-refractivity contribution in [3.8, 4) is 5.75 Å². The van der Waals surface area contributed by atoms with Gasteiger partial charge in [-0.1, -0.05) is 6.07 Å². The zero-order valence-corrected chi connectivity index (χ0v) is 10.8. The molecule has 0 aromatic heterocycles. The molecule has 1 N–H and O–H groups in total. The normalized spacial score (nSPS) is 10.1. The molecule has 0 unspecified atom stereocenters. The predicted octanol–water partition coefficient (Wildman–Crippen LogP) is 1.57. The molecular weight excluding hydrogens is 218 g/mol. The summed E-state index contributed by atoms with van der Waals surface area (Å²) < 4.78 is 9.80. The van der Waals surface area contributed by atoms with Crippen molar-refractivity contribution in [2.24, 2.45) is 0 Å². The van der Waals surface area contributed by atoms with Crippen LogP contribution in [0.25, 0.3) is 0 Å². The Bertz CT molecular complexity index is 402. The number of rotatable bonds is 5. The fourth-order valence-corrected chi connectivity index (χ4v) is 1.64. The highest BCUT2D eigenvalue weighted by molar-refractivity contribution is 5.71. The van der Waals surface area contributed by atoms with Crippen LogP contribution < -0.4 is 10.1 Å². The van der Waals surface area contributed by atoms with Crippen LogP contribution in [0.15, 0.2) is 12.1 Å². The van der Waals surface area contributed by atoms with E-state index in [1.165, 1.54) is 12.7 Å². The summed E-state index contributed by atoms with van der Waals surface area (Å²) in [6.45, 7) is 4.94. The molecule has 0 aliphatic carbocycles. The van der Waals surface area contributed by atoms with Crippen molar-refractivity contribution < 1.29 is 14.3 Å². The second-order valence-corrected chi connectivity index (χ2v) is 3.86. The highest BCUT2D eigenvalue weighted by Crippen LogP contribution is 2.23. The molecule has 0 heterocycles. The first-order valence-electron chi connectivity index (χ1n) is 5.50. The average Bonchev–Trinajstić information content (AvgIpc) is 2.34. The lowest BCUT2D eigenvalue weighted by atomic mass is 10.0. The first kappa shape index (κ1) is 13.5. The molecule has 0 aliphatic rings. The van der Waals surface area contributed by atoms with Crippen molar-refractivity contribution >= 4 is 5.97 Å². The molecule has 0 saturated carbocycles. The average molecular weight is 237 g/mol. The van der Waals surface area contributed by atoms with E-state index in [9.17, 15) is 4.79 Å². The SMILES string of the molecule is COC(=O)CNCc1ccc(OC)c(C)c1C. The fraction of sp³-hybridized carbons (Fsp3) is 0.462. The van der Waals surface area contributed by atoms with Gasteiger partial charge in [0.2, 0.25) is 0 Å². The number of carbonyl (C=O) groups excluding carboxylic acids is 1. The minimum atomic E-state index is -0.257. The molecule has 17 heavy (non-hydrogen) atoms. The first-order valence-corrected chi connectivity index (χ1v) is 5.50. The number of benzene rings is 1. The third kappa shape index (κ3) is 3.46. The van der Waals surface area contributed by atoms with E-state index in [4.69, 9.17) is 4.74 Å². The van der Waals surface area contributed by atoms with E-state index in [2.05, 4.69) is 10.1 Å². The third-order valence-corrected chi connectivity index (χ3v) is 2.88. The zero-order valence-electron chi connectivity index (χ0n) is 10.8. The van der Waals surface area contributed by atoms with Crippen molar-refractivity contribution in [3.05, 3.63) is 28.8 Å². The fourth-order valence-electron chi connectivity index (χ4n) is 1.64. The largest absolute Gasteiger partial charge is 0.496 e. The van der Waals surface area contributed by atoms with Gasteiger partial charge in [0.1, 0.15) is 5.75 Å². The number of hydrogen-bond donors (Lipinski definition) is 1. The molecule has 0 atom stereocenters. The molecule has 1 aromatic rings. The third-order valence-electron chi connectivity index (χ3n) is 2.88. The highest BCUT2D eigenvalue weighted by Gasteiger charge is 2.07. The zero-order chi connectivity index (χ0) is 12.8. The van der Waals surface area contributed by atoms with Crippen LogP contribution in [0, 0.1) is 13.8 Å². The van der Waals surface area contributed by atoms with Crippen LogP contribution in [0.1, 0.15) is 16.7 Å². The van der Waals surface area contributed by atoms with E-state index >= 15 is 0 Å². The molecule has 0 fully saturated rings. The second-order valence-electron chi connectivity index (χ2n) is 3.86. The number of nitrogens with one attached hydrogen (secondary N) is 1. The van der Waals surface area contributed by atoms with Gasteiger partial charge in [-0.3, -0.25) is 4.79 Å². The summed E-state index contributed by atoms with van der Waals surface area (Å²) in [6, 6.07) is 3.95.